The lowest BCUT2D eigenvalue weighted by Gasteiger charge is -2.18. The highest BCUT2D eigenvalue weighted by Crippen LogP contribution is 2.29. The minimum absolute atomic E-state index is 0.112. The molecule has 0 fully saturated rings. The van der Waals surface area contributed by atoms with Gasteiger partial charge in [0.15, 0.2) is 5.13 Å². The quantitative estimate of drug-likeness (QED) is 0.603. The van der Waals surface area contributed by atoms with Gasteiger partial charge in [-0.3, -0.25) is 4.79 Å². The van der Waals surface area contributed by atoms with Crippen molar-refractivity contribution in [1.82, 2.24) is 9.29 Å². The summed E-state index contributed by atoms with van der Waals surface area (Å²) in [7, 11) is -3.52. The molecule has 1 aromatic heterocycles. The molecule has 148 valence electrons. The number of amides is 1. The van der Waals surface area contributed by atoms with Crippen molar-refractivity contribution in [1.29, 1.82) is 0 Å². The van der Waals surface area contributed by atoms with Gasteiger partial charge < -0.3 is 5.32 Å². The van der Waals surface area contributed by atoms with E-state index in [1.807, 2.05) is 44.2 Å². The molecule has 0 unspecified atom stereocenters. The highest BCUT2D eigenvalue weighted by atomic mass is 32.2. The molecule has 8 heteroatoms. The predicted octanol–water partition coefficient (Wildman–Crippen LogP) is 3.90. The molecule has 0 aliphatic rings. The second kappa shape index (κ2) is 8.81. The SMILES string of the molecule is CCN(CC)S(=O)(=O)c1ccc2nc(NC(=O)CCc3ccccc3)sc2c1. The van der Waals surface area contributed by atoms with Crippen LogP contribution in [0, 0.1) is 0 Å². The maximum absolute atomic E-state index is 12.7. The number of hydrogen-bond donors (Lipinski definition) is 1. The van der Waals surface area contributed by atoms with E-state index < -0.39 is 10.0 Å². The molecular weight excluding hydrogens is 394 g/mol. The standard InChI is InChI=1S/C20H23N3O3S2/c1-3-23(4-2)28(25,26)16-11-12-17-18(14-16)27-20(21-17)22-19(24)13-10-15-8-6-5-7-9-15/h5-9,11-12,14H,3-4,10,13H2,1-2H3,(H,21,22,24). The van der Waals surface area contributed by atoms with Crippen molar-refractivity contribution in [2.24, 2.45) is 0 Å². The predicted molar refractivity (Wildman–Crippen MR) is 113 cm³/mol. The highest BCUT2D eigenvalue weighted by molar-refractivity contribution is 7.89. The van der Waals surface area contributed by atoms with Gasteiger partial charge in [0.25, 0.3) is 0 Å². The number of hydrogen-bond acceptors (Lipinski definition) is 5. The van der Waals surface area contributed by atoms with Gasteiger partial charge in [-0.15, -0.1) is 0 Å². The fraction of sp³-hybridized carbons (Fsp3) is 0.300. The van der Waals surface area contributed by atoms with Gasteiger partial charge in [-0.1, -0.05) is 55.5 Å². The average molecular weight is 418 g/mol. The Bertz CT molecular complexity index is 1060. The summed E-state index contributed by atoms with van der Waals surface area (Å²) < 4.78 is 27.5. The van der Waals surface area contributed by atoms with Crippen LogP contribution in [0.3, 0.4) is 0 Å². The molecule has 0 aliphatic heterocycles. The Hall–Kier alpha value is -2.29. The largest absolute Gasteiger partial charge is 0.302 e. The van der Waals surface area contributed by atoms with Gasteiger partial charge in [0, 0.05) is 19.5 Å². The number of anilines is 1. The maximum atomic E-state index is 12.7. The molecule has 0 spiro atoms. The zero-order valence-electron chi connectivity index (χ0n) is 15.9. The van der Waals surface area contributed by atoms with Gasteiger partial charge in [-0.05, 0) is 30.2 Å². The van der Waals surface area contributed by atoms with E-state index in [0.29, 0.717) is 36.6 Å². The van der Waals surface area contributed by atoms with Crippen molar-refractivity contribution in [2.45, 2.75) is 31.6 Å². The first-order valence-corrected chi connectivity index (χ1v) is 11.4. The maximum Gasteiger partial charge on any atom is 0.243 e. The number of fused-ring (bicyclic) bond motifs is 1. The molecule has 6 nitrogen and oxygen atoms in total. The first-order chi connectivity index (χ1) is 13.4. The van der Waals surface area contributed by atoms with Crippen molar-refractivity contribution < 1.29 is 13.2 Å². The van der Waals surface area contributed by atoms with Crippen LogP contribution in [0.5, 0.6) is 0 Å². The Labute approximate surface area is 169 Å². The van der Waals surface area contributed by atoms with E-state index in [1.165, 1.54) is 15.6 Å². The number of carbonyl (C=O) groups is 1. The fourth-order valence-corrected chi connectivity index (χ4v) is 5.40. The van der Waals surface area contributed by atoms with Crippen LogP contribution in [0.4, 0.5) is 5.13 Å². The van der Waals surface area contributed by atoms with Crippen LogP contribution < -0.4 is 5.32 Å². The number of thiazole rings is 1. The average Bonchev–Trinajstić information content (AvgIpc) is 3.09. The fourth-order valence-electron chi connectivity index (χ4n) is 2.92. The summed E-state index contributed by atoms with van der Waals surface area (Å²) in [5.41, 5.74) is 1.77. The molecule has 3 aromatic rings. The van der Waals surface area contributed by atoms with Gasteiger partial charge in [0.2, 0.25) is 15.9 Å². The monoisotopic (exact) mass is 417 g/mol. The van der Waals surface area contributed by atoms with E-state index in [4.69, 9.17) is 0 Å². The number of sulfonamides is 1. The summed E-state index contributed by atoms with van der Waals surface area (Å²) in [6, 6.07) is 14.7. The minimum atomic E-state index is -3.52. The molecule has 0 atom stereocenters. The lowest BCUT2D eigenvalue weighted by Crippen LogP contribution is -2.30. The Morgan fingerprint density at radius 1 is 1.11 bits per heavy atom. The van der Waals surface area contributed by atoms with Gasteiger partial charge >= 0.3 is 0 Å². The van der Waals surface area contributed by atoms with Crippen molar-refractivity contribution in [3.8, 4) is 0 Å². The molecule has 28 heavy (non-hydrogen) atoms. The van der Waals surface area contributed by atoms with E-state index >= 15 is 0 Å². The zero-order chi connectivity index (χ0) is 20.1. The van der Waals surface area contributed by atoms with E-state index in [9.17, 15) is 13.2 Å². The molecule has 1 heterocycles. The Balaban J connectivity index is 1.73. The molecule has 3 rings (SSSR count). The highest BCUT2D eigenvalue weighted by Gasteiger charge is 2.22. The molecule has 1 N–H and O–H groups in total. The van der Waals surface area contributed by atoms with Crippen molar-refractivity contribution >= 4 is 42.6 Å². The van der Waals surface area contributed by atoms with Crippen LogP contribution in [0.25, 0.3) is 10.2 Å². The molecule has 0 radical (unpaired) electrons. The van der Waals surface area contributed by atoms with E-state index in [1.54, 1.807) is 18.2 Å². The van der Waals surface area contributed by atoms with Gasteiger partial charge in [-0.25, -0.2) is 13.4 Å². The topological polar surface area (TPSA) is 79.4 Å². The number of carbonyl (C=O) groups excluding carboxylic acids is 1. The first-order valence-electron chi connectivity index (χ1n) is 9.18. The van der Waals surface area contributed by atoms with E-state index in [-0.39, 0.29) is 10.8 Å². The second-order valence-corrected chi connectivity index (χ2v) is 9.24. The summed E-state index contributed by atoms with van der Waals surface area (Å²) in [5.74, 6) is -0.112. The third-order valence-corrected chi connectivity index (χ3v) is 7.41. The molecule has 0 bridgehead atoms. The van der Waals surface area contributed by atoms with Crippen LogP contribution in [0.15, 0.2) is 53.4 Å². The summed E-state index contributed by atoms with van der Waals surface area (Å²) >= 11 is 1.28. The second-order valence-electron chi connectivity index (χ2n) is 6.27. The summed E-state index contributed by atoms with van der Waals surface area (Å²) in [5, 5.41) is 3.29. The smallest absolute Gasteiger partial charge is 0.243 e. The lowest BCUT2D eigenvalue weighted by molar-refractivity contribution is -0.116. The normalized spacial score (nSPS) is 11.8. The number of rotatable bonds is 8. The minimum Gasteiger partial charge on any atom is -0.302 e. The van der Waals surface area contributed by atoms with Crippen LogP contribution in [-0.2, 0) is 21.2 Å². The summed E-state index contributed by atoms with van der Waals surface area (Å²) in [6.45, 7) is 4.47. The number of nitrogens with one attached hydrogen (secondary N) is 1. The van der Waals surface area contributed by atoms with Gasteiger partial charge in [0.1, 0.15) is 0 Å². The third kappa shape index (κ3) is 4.57. The molecule has 0 aliphatic carbocycles. The molecule has 0 saturated carbocycles. The Morgan fingerprint density at radius 3 is 2.50 bits per heavy atom. The lowest BCUT2D eigenvalue weighted by atomic mass is 10.1. The summed E-state index contributed by atoms with van der Waals surface area (Å²) in [6.07, 6.45) is 1.02. The number of aryl methyl sites for hydroxylation is 1. The molecular formula is C20H23N3O3S2. The summed E-state index contributed by atoms with van der Waals surface area (Å²) in [4.78, 5) is 16.8. The number of aromatic nitrogens is 1. The van der Waals surface area contributed by atoms with Crippen LogP contribution in [0.2, 0.25) is 0 Å². The van der Waals surface area contributed by atoms with Crippen LogP contribution in [0.1, 0.15) is 25.8 Å². The zero-order valence-corrected chi connectivity index (χ0v) is 17.5. The number of benzene rings is 2. The van der Waals surface area contributed by atoms with Crippen LogP contribution in [-0.4, -0.2) is 36.7 Å². The molecule has 2 aromatic carbocycles. The van der Waals surface area contributed by atoms with Crippen molar-refractivity contribution in [3.63, 3.8) is 0 Å². The van der Waals surface area contributed by atoms with Crippen molar-refractivity contribution in [3.05, 3.63) is 54.1 Å². The molecule has 0 saturated heterocycles. The Kier molecular flexibility index (Phi) is 6.43. The third-order valence-electron chi connectivity index (χ3n) is 4.43. The van der Waals surface area contributed by atoms with Crippen LogP contribution >= 0.6 is 11.3 Å². The van der Waals surface area contributed by atoms with E-state index in [2.05, 4.69) is 10.3 Å². The molecule has 1 amide bonds. The first kappa shape index (κ1) is 20.4. The number of nitrogens with zero attached hydrogens (tertiary/aromatic N) is 2. The van der Waals surface area contributed by atoms with E-state index in [0.717, 1.165) is 10.3 Å². The van der Waals surface area contributed by atoms with Gasteiger partial charge in [-0.2, -0.15) is 4.31 Å². The Morgan fingerprint density at radius 2 is 1.82 bits per heavy atom. The van der Waals surface area contributed by atoms with Crippen molar-refractivity contribution in [2.75, 3.05) is 18.4 Å². The van der Waals surface area contributed by atoms with Gasteiger partial charge in [0.05, 0.1) is 15.1 Å².